The zero-order valence-electron chi connectivity index (χ0n) is 11.4. The summed E-state index contributed by atoms with van der Waals surface area (Å²) in [5.41, 5.74) is 6.63. The normalized spacial score (nSPS) is 9.33. The highest BCUT2D eigenvalue weighted by molar-refractivity contribution is 5.44. The zero-order chi connectivity index (χ0) is 14.9. The summed E-state index contributed by atoms with van der Waals surface area (Å²) in [4.78, 5) is 0. The molecule has 4 aromatic heterocycles. The van der Waals surface area contributed by atoms with Crippen molar-refractivity contribution < 1.29 is 0 Å². The summed E-state index contributed by atoms with van der Waals surface area (Å²) in [6, 6.07) is 13.7. The monoisotopic (exact) mass is 280 g/mol. The number of pyridine rings is 2. The summed E-state index contributed by atoms with van der Waals surface area (Å²) in [5.74, 6) is 0. The molecule has 0 aromatic carbocycles. The van der Waals surface area contributed by atoms with E-state index in [0.29, 0.717) is 0 Å². The van der Waals surface area contributed by atoms with Crippen LogP contribution in [-0.2, 0) is 0 Å². The fourth-order valence-electron chi connectivity index (χ4n) is 1.64. The van der Waals surface area contributed by atoms with Gasteiger partial charge in [0.25, 0.3) is 0 Å². The van der Waals surface area contributed by atoms with Gasteiger partial charge in [-0.2, -0.15) is 5.10 Å². The van der Waals surface area contributed by atoms with Gasteiger partial charge in [0.1, 0.15) is 6.33 Å². The van der Waals surface area contributed by atoms with Crippen LogP contribution in [0.4, 0.5) is 0 Å². The minimum absolute atomic E-state index is 0.887. The zero-order valence-corrected chi connectivity index (χ0v) is 11.4. The molecule has 0 unspecified atom stereocenters. The summed E-state index contributed by atoms with van der Waals surface area (Å²) in [5, 5.41) is 11.6. The first kappa shape index (κ1) is 14.3. The van der Waals surface area contributed by atoms with Gasteiger partial charge in [-0.25, -0.2) is 4.52 Å². The number of hydrogen-bond acceptors (Lipinski definition) is 4. The summed E-state index contributed by atoms with van der Waals surface area (Å²) < 4.78 is 3.69. The van der Waals surface area contributed by atoms with Crippen LogP contribution in [0.2, 0.25) is 0 Å². The van der Waals surface area contributed by atoms with Crippen molar-refractivity contribution in [1.82, 2.24) is 24.2 Å². The van der Waals surface area contributed by atoms with Gasteiger partial charge in [-0.1, -0.05) is 18.7 Å². The lowest BCUT2D eigenvalue weighted by atomic mass is 10.4. The molecule has 106 valence electrons. The maximum absolute atomic E-state index is 4.61. The highest BCUT2D eigenvalue weighted by atomic mass is 15.2. The number of aromatic nitrogens is 5. The third kappa shape index (κ3) is 3.90. The number of nitrogens with two attached hydrogens (primary N) is 1. The summed E-state index contributed by atoms with van der Waals surface area (Å²) in [6.45, 7) is 3.14. The van der Waals surface area contributed by atoms with Crippen LogP contribution in [-0.4, -0.2) is 24.2 Å². The van der Waals surface area contributed by atoms with Gasteiger partial charge in [0.05, 0.1) is 5.52 Å². The lowest BCUT2D eigenvalue weighted by Gasteiger charge is -1.86. The molecule has 0 saturated carbocycles. The Morgan fingerprint density at radius 3 is 2.57 bits per heavy atom. The highest BCUT2D eigenvalue weighted by Crippen LogP contribution is 1.98. The van der Waals surface area contributed by atoms with E-state index in [-0.39, 0.29) is 0 Å². The van der Waals surface area contributed by atoms with Crippen molar-refractivity contribution >= 4 is 11.2 Å². The molecule has 0 radical (unpaired) electrons. The van der Waals surface area contributed by atoms with Crippen LogP contribution in [0, 0.1) is 0 Å². The second-order valence-electron chi connectivity index (χ2n) is 3.93. The van der Waals surface area contributed by atoms with Crippen molar-refractivity contribution in [3.05, 3.63) is 80.2 Å². The second kappa shape index (κ2) is 7.44. The topological polar surface area (TPSA) is 73.5 Å². The summed E-state index contributed by atoms with van der Waals surface area (Å²) >= 11 is 0. The van der Waals surface area contributed by atoms with Crippen molar-refractivity contribution in [3.8, 4) is 0 Å². The third-order valence-corrected chi connectivity index (χ3v) is 2.51. The molecule has 0 aliphatic rings. The van der Waals surface area contributed by atoms with E-state index in [1.54, 1.807) is 12.5 Å². The second-order valence-corrected chi connectivity index (χ2v) is 3.93. The molecule has 0 amide bonds. The van der Waals surface area contributed by atoms with Gasteiger partial charge in [-0.15, -0.1) is 10.2 Å². The Labute approximate surface area is 122 Å². The first-order valence-electron chi connectivity index (χ1n) is 6.30. The molecular weight excluding hydrogens is 264 g/mol. The molecule has 6 nitrogen and oxygen atoms in total. The fourth-order valence-corrected chi connectivity index (χ4v) is 1.64. The molecule has 4 aromatic rings. The van der Waals surface area contributed by atoms with Crippen LogP contribution in [0.3, 0.4) is 0 Å². The van der Waals surface area contributed by atoms with Crippen molar-refractivity contribution in [2.45, 2.75) is 0 Å². The summed E-state index contributed by atoms with van der Waals surface area (Å²) in [6.07, 6.45) is 8.55. The van der Waals surface area contributed by atoms with E-state index in [2.05, 4.69) is 27.6 Å². The number of hydrogen-bond donors (Lipinski definition) is 1. The van der Waals surface area contributed by atoms with Crippen LogP contribution in [0.25, 0.3) is 11.2 Å². The average Bonchev–Trinajstić information content (AvgIpc) is 3.17. The smallest absolute Gasteiger partial charge is 0.160 e. The van der Waals surface area contributed by atoms with E-state index in [9.17, 15) is 0 Å². The molecule has 6 heteroatoms. The Balaban J connectivity index is 0.000000130. The maximum Gasteiger partial charge on any atom is 0.160 e. The largest absolute Gasteiger partial charge is 0.405 e. The first-order chi connectivity index (χ1) is 10.3. The SMILES string of the molecule is C=CN.c1ccn2cnnc2c1.c1ccn2nccc2c1. The molecule has 4 heterocycles. The van der Waals surface area contributed by atoms with Crippen LogP contribution >= 0.6 is 0 Å². The molecule has 0 aliphatic heterocycles. The lowest BCUT2D eigenvalue weighted by molar-refractivity contribution is 0.961. The van der Waals surface area contributed by atoms with Gasteiger partial charge in [0.2, 0.25) is 0 Å². The lowest BCUT2D eigenvalue weighted by Crippen LogP contribution is -1.81. The molecule has 21 heavy (non-hydrogen) atoms. The van der Waals surface area contributed by atoms with Crippen molar-refractivity contribution in [3.63, 3.8) is 0 Å². The maximum atomic E-state index is 4.61. The minimum Gasteiger partial charge on any atom is -0.405 e. The number of nitrogens with zero attached hydrogens (tertiary/aromatic N) is 5. The molecule has 0 atom stereocenters. The van der Waals surface area contributed by atoms with Crippen molar-refractivity contribution in [2.75, 3.05) is 0 Å². The average molecular weight is 280 g/mol. The standard InChI is InChI=1S/C7H6N2.C6H5N3.C2H5N/c1-2-6-9-7(3-1)4-5-8-9;1-2-4-9-5-7-8-6(9)3-1;1-2-3/h1-6H;1-5H;2H,1,3H2. The summed E-state index contributed by atoms with van der Waals surface area (Å²) in [7, 11) is 0. The molecule has 0 saturated heterocycles. The Morgan fingerprint density at radius 2 is 1.81 bits per heavy atom. The molecule has 4 rings (SSSR count). The van der Waals surface area contributed by atoms with Gasteiger partial charge in [0.15, 0.2) is 5.65 Å². The predicted octanol–water partition coefficient (Wildman–Crippen LogP) is 2.15. The van der Waals surface area contributed by atoms with Crippen LogP contribution in [0.5, 0.6) is 0 Å². The molecule has 2 N–H and O–H groups in total. The van der Waals surface area contributed by atoms with E-state index >= 15 is 0 Å². The van der Waals surface area contributed by atoms with Crippen molar-refractivity contribution in [1.29, 1.82) is 0 Å². The van der Waals surface area contributed by atoms with Crippen LogP contribution < -0.4 is 5.73 Å². The highest BCUT2D eigenvalue weighted by Gasteiger charge is 1.87. The van der Waals surface area contributed by atoms with E-state index in [4.69, 9.17) is 0 Å². The Bertz CT molecular complexity index is 675. The quantitative estimate of drug-likeness (QED) is 0.535. The molecule has 0 fully saturated rings. The first-order valence-corrected chi connectivity index (χ1v) is 6.30. The molecule has 0 bridgehead atoms. The van der Waals surface area contributed by atoms with Crippen molar-refractivity contribution in [2.24, 2.45) is 5.73 Å². The van der Waals surface area contributed by atoms with Crippen LogP contribution in [0.15, 0.2) is 80.2 Å². The minimum atomic E-state index is 0.887. The Hall–Kier alpha value is -3.15. The fraction of sp³-hybridized carbons (Fsp3) is 0. The van der Waals surface area contributed by atoms with Gasteiger partial charge < -0.3 is 5.73 Å². The van der Waals surface area contributed by atoms with Gasteiger partial charge in [0, 0.05) is 18.6 Å². The van der Waals surface area contributed by atoms with Crippen LogP contribution in [0.1, 0.15) is 0 Å². The third-order valence-electron chi connectivity index (χ3n) is 2.51. The Morgan fingerprint density at radius 1 is 1.05 bits per heavy atom. The van der Waals surface area contributed by atoms with Gasteiger partial charge in [-0.3, -0.25) is 4.40 Å². The molecule has 0 aliphatic carbocycles. The molecular formula is C15H16N6. The van der Waals surface area contributed by atoms with E-state index in [1.165, 1.54) is 6.20 Å². The number of rotatable bonds is 0. The predicted molar refractivity (Wildman–Crippen MR) is 82.6 cm³/mol. The van der Waals surface area contributed by atoms with Gasteiger partial charge in [-0.05, 0) is 36.5 Å². The van der Waals surface area contributed by atoms with Gasteiger partial charge >= 0.3 is 0 Å². The van der Waals surface area contributed by atoms with E-state index in [1.807, 2.05) is 63.8 Å². The van der Waals surface area contributed by atoms with E-state index in [0.717, 1.165) is 11.2 Å². The van der Waals surface area contributed by atoms with E-state index < -0.39 is 0 Å². The molecule has 0 spiro atoms. The number of fused-ring (bicyclic) bond motifs is 2. The Kier molecular flexibility index (Phi) is 5.05.